The number of ether oxygens (including phenoxy) is 1. The Morgan fingerprint density at radius 1 is 1.35 bits per heavy atom. The summed E-state index contributed by atoms with van der Waals surface area (Å²) in [5.41, 5.74) is 1.89. The number of amides is 2. The van der Waals surface area contributed by atoms with E-state index < -0.39 is 0 Å². The van der Waals surface area contributed by atoms with E-state index in [1.165, 1.54) is 11.3 Å². The zero-order chi connectivity index (χ0) is 16.2. The van der Waals surface area contributed by atoms with Crippen LogP contribution in [-0.4, -0.2) is 30.0 Å². The van der Waals surface area contributed by atoms with Crippen LogP contribution in [0, 0.1) is 12.8 Å². The minimum atomic E-state index is -0.238. The van der Waals surface area contributed by atoms with Crippen LogP contribution in [0.25, 0.3) is 0 Å². The number of carbonyl (C=O) groups excluding carboxylic acids is 2. The molecule has 0 spiro atoms. The number of hydrogen-bond donors (Lipinski definition) is 2. The summed E-state index contributed by atoms with van der Waals surface area (Å²) in [7, 11) is 0. The average Bonchev–Trinajstić information content (AvgIpc) is 3.22. The van der Waals surface area contributed by atoms with Gasteiger partial charge in [-0.15, -0.1) is 11.3 Å². The molecule has 1 saturated heterocycles. The first kappa shape index (κ1) is 15.6. The van der Waals surface area contributed by atoms with Crippen LogP contribution in [0.5, 0.6) is 0 Å². The second-order valence-corrected chi connectivity index (χ2v) is 6.21. The molecule has 0 aliphatic carbocycles. The van der Waals surface area contributed by atoms with E-state index in [1.807, 2.05) is 6.92 Å². The van der Waals surface area contributed by atoms with E-state index in [2.05, 4.69) is 15.6 Å². The number of hydrogen-bond acceptors (Lipinski definition) is 5. The number of carbonyl (C=O) groups is 2. The summed E-state index contributed by atoms with van der Waals surface area (Å²) < 4.78 is 5.24. The standard InChI is InChI=1S/C16H17N3O3S/c1-10-12(15(21)19-16-17-6-8-23-16)3-2-4-13(10)18-14(20)11-5-7-22-9-11/h2-4,6,8,11H,5,7,9H2,1H3,(H,18,20)(H,17,19,21). The van der Waals surface area contributed by atoms with Crippen molar-refractivity contribution >= 4 is 34.0 Å². The lowest BCUT2D eigenvalue weighted by molar-refractivity contribution is -0.119. The molecular formula is C16H17N3O3S. The molecule has 1 unspecified atom stereocenters. The lowest BCUT2D eigenvalue weighted by Gasteiger charge is -2.14. The summed E-state index contributed by atoms with van der Waals surface area (Å²) in [6.07, 6.45) is 2.36. The number of benzene rings is 1. The van der Waals surface area contributed by atoms with Crippen LogP contribution in [0.1, 0.15) is 22.3 Å². The summed E-state index contributed by atoms with van der Waals surface area (Å²) in [4.78, 5) is 28.6. The molecule has 1 fully saturated rings. The molecule has 2 aromatic rings. The molecule has 3 rings (SSSR count). The molecule has 1 aliphatic rings. The van der Waals surface area contributed by atoms with Gasteiger partial charge >= 0.3 is 0 Å². The lowest BCUT2D eigenvalue weighted by Crippen LogP contribution is -2.24. The molecule has 2 N–H and O–H groups in total. The molecule has 1 atom stereocenters. The summed E-state index contributed by atoms with van der Waals surface area (Å²) in [6.45, 7) is 2.89. The molecule has 2 heterocycles. The zero-order valence-corrected chi connectivity index (χ0v) is 13.5. The fraction of sp³-hybridized carbons (Fsp3) is 0.312. The lowest BCUT2D eigenvalue weighted by atomic mass is 10.0. The van der Waals surface area contributed by atoms with Crippen molar-refractivity contribution < 1.29 is 14.3 Å². The van der Waals surface area contributed by atoms with Crippen molar-refractivity contribution in [2.75, 3.05) is 23.8 Å². The average molecular weight is 331 g/mol. The van der Waals surface area contributed by atoms with E-state index in [9.17, 15) is 9.59 Å². The van der Waals surface area contributed by atoms with Crippen molar-refractivity contribution in [1.82, 2.24) is 4.98 Å². The third-order valence-corrected chi connectivity index (χ3v) is 4.48. The Bertz CT molecular complexity index is 709. The first-order valence-electron chi connectivity index (χ1n) is 7.34. The minimum Gasteiger partial charge on any atom is -0.381 e. The third-order valence-electron chi connectivity index (χ3n) is 3.79. The van der Waals surface area contributed by atoms with Gasteiger partial charge in [0.25, 0.3) is 5.91 Å². The fourth-order valence-electron chi connectivity index (χ4n) is 2.44. The Labute approximate surface area is 137 Å². The molecule has 0 saturated carbocycles. The van der Waals surface area contributed by atoms with Crippen LogP contribution >= 0.6 is 11.3 Å². The Morgan fingerprint density at radius 2 is 2.22 bits per heavy atom. The summed E-state index contributed by atoms with van der Waals surface area (Å²) in [5.74, 6) is -0.428. The number of aromatic nitrogens is 1. The third kappa shape index (κ3) is 3.57. The highest BCUT2D eigenvalue weighted by molar-refractivity contribution is 7.13. The van der Waals surface area contributed by atoms with Crippen LogP contribution < -0.4 is 10.6 Å². The van der Waals surface area contributed by atoms with E-state index in [-0.39, 0.29) is 17.7 Å². The highest BCUT2D eigenvalue weighted by Crippen LogP contribution is 2.23. The maximum atomic E-state index is 12.3. The van der Waals surface area contributed by atoms with Crippen LogP contribution in [-0.2, 0) is 9.53 Å². The van der Waals surface area contributed by atoms with Crippen LogP contribution in [0.2, 0.25) is 0 Å². The molecular weight excluding hydrogens is 314 g/mol. The predicted octanol–water partition coefficient (Wildman–Crippen LogP) is 2.68. The van der Waals surface area contributed by atoms with Crippen molar-refractivity contribution in [3.8, 4) is 0 Å². The van der Waals surface area contributed by atoms with E-state index in [1.54, 1.807) is 29.8 Å². The number of nitrogens with zero attached hydrogens (tertiary/aromatic N) is 1. The van der Waals surface area contributed by atoms with Gasteiger partial charge in [-0.2, -0.15) is 0 Å². The van der Waals surface area contributed by atoms with Gasteiger partial charge in [-0.3, -0.25) is 14.9 Å². The number of anilines is 2. The number of nitrogens with one attached hydrogen (secondary N) is 2. The van der Waals surface area contributed by atoms with E-state index in [4.69, 9.17) is 4.74 Å². The van der Waals surface area contributed by atoms with Gasteiger partial charge in [-0.1, -0.05) is 6.07 Å². The quantitative estimate of drug-likeness (QED) is 0.902. The minimum absolute atomic E-state index is 0.0666. The van der Waals surface area contributed by atoms with Crippen LogP contribution in [0.3, 0.4) is 0 Å². The molecule has 120 valence electrons. The van der Waals surface area contributed by atoms with Gasteiger partial charge in [0.2, 0.25) is 5.91 Å². The normalized spacial score (nSPS) is 17.0. The smallest absolute Gasteiger partial charge is 0.257 e. The van der Waals surface area contributed by atoms with Gasteiger partial charge < -0.3 is 10.1 Å². The van der Waals surface area contributed by atoms with Gasteiger partial charge in [-0.05, 0) is 31.0 Å². The molecule has 0 bridgehead atoms. The van der Waals surface area contributed by atoms with Gasteiger partial charge in [-0.25, -0.2) is 4.98 Å². The fourth-order valence-corrected chi connectivity index (χ4v) is 2.97. The SMILES string of the molecule is Cc1c(NC(=O)C2CCOC2)cccc1C(=O)Nc1nccs1. The van der Waals surface area contributed by atoms with E-state index in [0.29, 0.717) is 29.6 Å². The van der Waals surface area contributed by atoms with Gasteiger partial charge in [0, 0.05) is 29.4 Å². The summed E-state index contributed by atoms with van der Waals surface area (Å²) in [5, 5.41) is 7.99. The first-order chi connectivity index (χ1) is 11.1. The largest absolute Gasteiger partial charge is 0.381 e. The van der Waals surface area contributed by atoms with Crippen molar-refractivity contribution in [2.45, 2.75) is 13.3 Å². The molecule has 23 heavy (non-hydrogen) atoms. The van der Waals surface area contributed by atoms with Crippen LogP contribution in [0.15, 0.2) is 29.8 Å². The molecule has 7 heteroatoms. The summed E-state index contributed by atoms with van der Waals surface area (Å²) >= 11 is 1.36. The van der Waals surface area contributed by atoms with Gasteiger partial charge in [0.1, 0.15) is 0 Å². The predicted molar refractivity (Wildman–Crippen MR) is 88.8 cm³/mol. The second-order valence-electron chi connectivity index (χ2n) is 5.32. The second kappa shape index (κ2) is 6.89. The van der Waals surface area contributed by atoms with E-state index >= 15 is 0 Å². The van der Waals surface area contributed by atoms with E-state index in [0.717, 1.165) is 12.0 Å². The molecule has 1 aromatic carbocycles. The maximum absolute atomic E-state index is 12.3. The van der Waals surface area contributed by atoms with Crippen LogP contribution in [0.4, 0.5) is 10.8 Å². The highest BCUT2D eigenvalue weighted by atomic mass is 32.1. The highest BCUT2D eigenvalue weighted by Gasteiger charge is 2.24. The molecule has 1 aromatic heterocycles. The Balaban J connectivity index is 1.75. The maximum Gasteiger partial charge on any atom is 0.257 e. The first-order valence-corrected chi connectivity index (χ1v) is 8.22. The Hall–Kier alpha value is -2.25. The number of rotatable bonds is 4. The summed E-state index contributed by atoms with van der Waals surface area (Å²) in [6, 6.07) is 5.28. The van der Waals surface area contributed by atoms with Crippen molar-refractivity contribution in [1.29, 1.82) is 0 Å². The Morgan fingerprint density at radius 3 is 2.91 bits per heavy atom. The molecule has 0 radical (unpaired) electrons. The zero-order valence-electron chi connectivity index (χ0n) is 12.7. The van der Waals surface area contributed by atoms with Gasteiger partial charge in [0.05, 0.1) is 12.5 Å². The molecule has 2 amide bonds. The molecule has 6 nitrogen and oxygen atoms in total. The van der Waals surface area contributed by atoms with Gasteiger partial charge in [0.15, 0.2) is 5.13 Å². The monoisotopic (exact) mass is 331 g/mol. The Kier molecular flexibility index (Phi) is 4.68. The topological polar surface area (TPSA) is 80.3 Å². The number of thiazole rings is 1. The van der Waals surface area contributed by atoms with Crippen molar-refractivity contribution in [2.24, 2.45) is 5.92 Å². The molecule has 1 aliphatic heterocycles. The van der Waals surface area contributed by atoms with Crippen molar-refractivity contribution in [3.63, 3.8) is 0 Å². The van der Waals surface area contributed by atoms with Crippen molar-refractivity contribution in [3.05, 3.63) is 40.9 Å².